The third-order valence-corrected chi connectivity index (χ3v) is 10.3. The number of pyridine rings is 1. The van der Waals surface area contributed by atoms with Crippen molar-refractivity contribution in [2.75, 3.05) is 72.0 Å². The number of aliphatic carboxylic acids is 6. The van der Waals surface area contributed by atoms with Gasteiger partial charge in [0.25, 0.3) is 5.91 Å². The van der Waals surface area contributed by atoms with Crippen molar-refractivity contribution < 1.29 is 73.8 Å². The number of carbonyl (C=O) groups is 9. The van der Waals surface area contributed by atoms with Crippen LogP contribution >= 0.6 is 0 Å². The lowest BCUT2D eigenvalue weighted by molar-refractivity contribution is -0.141. The Morgan fingerprint density at radius 3 is 1.76 bits per heavy atom. The zero-order valence-electron chi connectivity index (χ0n) is 37.3. The summed E-state index contributed by atoms with van der Waals surface area (Å²) in [4.78, 5) is 117. The van der Waals surface area contributed by atoms with Crippen LogP contribution in [-0.2, 0) is 46.7 Å². The molecule has 24 heteroatoms. The third-order valence-electron chi connectivity index (χ3n) is 10.3. The Bertz CT molecular complexity index is 2190. The molecule has 2 atom stereocenters. The van der Waals surface area contributed by atoms with Gasteiger partial charge < -0.3 is 62.1 Å². The molecule has 68 heavy (non-hydrogen) atoms. The van der Waals surface area contributed by atoms with E-state index in [-0.39, 0.29) is 116 Å². The Kier molecular flexibility index (Phi) is 23.8. The summed E-state index contributed by atoms with van der Waals surface area (Å²) in [7, 11) is 0. The lowest BCUT2D eigenvalue weighted by atomic mass is 10.1. The minimum Gasteiger partial charge on any atom is -0.481 e. The molecule has 3 aromatic rings. The van der Waals surface area contributed by atoms with Gasteiger partial charge in [-0.25, -0.2) is 14.4 Å². The molecule has 0 spiro atoms. The molecule has 4 amide bonds. The third kappa shape index (κ3) is 21.4. The van der Waals surface area contributed by atoms with E-state index in [1.807, 2.05) is 30.3 Å². The number of urea groups is 1. The van der Waals surface area contributed by atoms with E-state index < -0.39 is 66.8 Å². The molecule has 0 aliphatic rings. The second kappa shape index (κ2) is 29.4. The highest BCUT2D eigenvalue weighted by molar-refractivity contribution is 5.94. The number of nitrogens with zero attached hydrogens (tertiary/aromatic N) is 4. The highest BCUT2D eigenvalue weighted by atomic mass is 16.4. The number of unbranched alkanes of at least 4 members (excludes halogenated alkanes) is 1. The normalized spacial score (nSPS) is 12.0. The first kappa shape index (κ1) is 55.1. The number of carbonyl (C=O) groups excluding carboxylic acids is 3. The van der Waals surface area contributed by atoms with E-state index in [1.54, 1.807) is 45.2 Å². The van der Waals surface area contributed by atoms with Gasteiger partial charge in [-0.3, -0.25) is 43.6 Å². The van der Waals surface area contributed by atoms with E-state index in [1.165, 1.54) is 0 Å². The molecular formula is C44H59N9O15. The molecular weight excluding hydrogens is 895 g/mol. The number of amides is 4. The van der Waals surface area contributed by atoms with Crippen LogP contribution in [0.4, 0.5) is 4.79 Å². The number of benzene rings is 2. The highest BCUT2D eigenvalue weighted by Gasteiger charge is 2.26. The Labute approximate surface area is 390 Å². The van der Waals surface area contributed by atoms with Crippen LogP contribution in [0, 0.1) is 0 Å². The Balaban J connectivity index is 1.67. The number of hydrogen-bond acceptors (Lipinski definition) is 14. The van der Waals surface area contributed by atoms with Crippen molar-refractivity contribution in [2.24, 2.45) is 0 Å². The Hall–Kier alpha value is -7.28. The number of carboxylic acids is 6. The molecule has 0 fully saturated rings. The van der Waals surface area contributed by atoms with E-state index in [9.17, 15) is 58.5 Å². The van der Waals surface area contributed by atoms with Crippen LogP contribution in [0.15, 0.2) is 60.8 Å². The molecule has 0 saturated heterocycles. The maximum Gasteiger partial charge on any atom is 0.326 e. The maximum atomic E-state index is 14.1. The molecule has 0 aliphatic carbocycles. The summed E-state index contributed by atoms with van der Waals surface area (Å²) < 4.78 is 0. The standard InChI is InChI=1S/C44H59N9O15/c54-36(27-51(19-16-45-24-38(57)58)21-22-52(28-40(61)62)20-17-46-25-39(59)60)48-23-29-8-10-31(11-9-29)41(63)53(26-35-32-6-2-1-5-30(32)14-15-47-35)18-4-3-7-33(42(64)65)49-44(68)50-34(43(66)67)12-13-37(55)56/h1-2,5-6,8-11,14-15,33-34,45-46H,3-4,7,12-13,16-28H2,(H,48,54)(H,55,56)(H,57,58)(H,59,60)(H,61,62)(H,64,65)(H,66,67)(H2,49,50,68)/t33-,34-/m1/s1. The van der Waals surface area contributed by atoms with E-state index in [4.69, 9.17) is 15.3 Å². The van der Waals surface area contributed by atoms with Crippen molar-refractivity contribution in [3.63, 3.8) is 0 Å². The molecule has 1 aromatic heterocycles. The number of rotatable bonds is 34. The second-order valence-corrected chi connectivity index (χ2v) is 15.6. The first-order valence-corrected chi connectivity index (χ1v) is 21.6. The Morgan fingerprint density at radius 1 is 0.603 bits per heavy atom. The monoisotopic (exact) mass is 953 g/mol. The summed E-state index contributed by atoms with van der Waals surface area (Å²) in [6.45, 7) is 0.626. The molecule has 3 rings (SSSR count). The average Bonchev–Trinajstić information content (AvgIpc) is 3.28. The first-order chi connectivity index (χ1) is 32.4. The topological polar surface area (TPSA) is 358 Å². The molecule has 11 N–H and O–H groups in total. The number of carboxylic acid groups (broad SMARTS) is 6. The van der Waals surface area contributed by atoms with Crippen molar-refractivity contribution in [2.45, 2.75) is 57.3 Å². The predicted octanol–water partition coefficient (Wildman–Crippen LogP) is -0.229. The molecule has 0 aliphatic heterocycles. The fourth-order valence-electron chi connectivity index (χ4n) is 6.82. The SMILES string of the molecule is O=C(O)CC[C@@H](NC(=O)N[C@H](CCCCN(Cc1nccc2ccccc12)C(=O)c1ccc(CNC(=O)CN(CCNCC(=O)O)CCN(CCNCC(=O)O)CC(=O)O)cc1)C(=O)O)C(=O)O. The summed E-state index contributed by atoms with van der Waals surface area (Å²) in [5.74, 6) is -8.11. The molecule has 0 unspecified atom stereocenters. The van der Waals surface area contributed by atoms with Crippen LogP contribution in [0.5, 0.6) is 0 Å². The lowest BCUT2D eigenvalue weighted by Gasteiger charge is -2.26. The fraction of sp³-hybridized carbons (Fsp3) is 0.455. The number of aromatic nitrogens is 1. The van der Waals surface area contributed by atoms with Crippen LogP contribution in [-0.4, -0.2) is 188 Å². The van der Waals surface area contributed by atoms with Gasteiger partial charge in [0.15, 0.2) is 0 Å². The molecule has 24 nitrogen and oxygen atoms in total. The van der Waals surface area contributed by atoms with Gasteiger partial charge in [0.1, 0.15) is 12.1 Å². The van der Waals surface area contributed by atoms with Crippen LogP contribution in [0.3, 0.4) is 0 Å². The minimum absolute atomic E-state index is 0.0819. The number of hydrogen-bond donors (Lipinski definition) is 11. The van der Waals surface area contributed by atoms with Crippen molar-refractivity contribution >= 4 is 64.4 Å². The van der Waals surface area contributed by atoms with Crippen LogP contribution in [0.1, 0.15) is 53.7 Å². The number of nitrogens with one attached hydrogen (secondary N) is 5. The largest absolute Gasteiger partial charge is 0.481 e. The molecule has 0 bridgehead atoms. The van der Waals surface area contributed by atoms with Gasteiger partial charge in [0, 0.05) is 75.9 Å². The van der Waals surface area contributed by atoms with Crippen molar-refractivity contribution in [3.05, 3.63) is 77.6 Å². The first-order valence-electron chi connectivity index (χ1n) is 21.6. The van der Waals surface area contributed by atoms with Gasteiger partial charge in [-0.1, -0.05) is 36.4 Å². The summed E-state index contributed by atoms with van der Waals surface area (Å²) in [6, 6.07) is 11.8. The molecule has 0 saturated carbocycles. The van der Waals surface area contributed by atoms with Gasteiger partial charge in [-0.15, -0.1) is 0 Å². The average molecular weight is 954 g/mol. The van der Waals surface area contributed by atoms with Crippen LogP contribution < -0.4 is 26.6 Å². The van der Waals surface area contributed by atoms with Gasteiger partial charge in [-0.2, -0.15) is 0 Å². The molecule has 2 aromatic carbocycles. The molecule has 370 valence electrons. The van der Waals surface area contributed by atoms with E-state index in [0.717, 1.165) is 10.8 Å². The predicted molar refractivity (Wildman–Crippen MR) is 242 cm³/mol. The Morgan fingerprint density at radius 2 is 1.19 bits per heavy atom. The molecule has 0 radical (unpaired) electrons. The maximum absolute atomic E-state index is 14.1. The van der Waals surface area contributed by atoms with Gasteiger partial charge in [-0.05, 0) is 54.8 Å². The summed E-state index contributed by atoms with van der Waals surface area (Å²) in [5, 5.41) is 69.6. The quantitative estimate of drug-likeness (QED) is 0.0344. The molecule has 1 heterocycles. The fourth-order valence-corrected chi connectivity index (χ4v) is 6.82. The second-order valence-electron chi connectivity index (χ2n) is 15.6. The van der Waals surface area contributed by atoms with Crippen molar-refractivity contribution in [1.29, 1.82) is 0 Å². The summed E-state index contributed by atoms with van der Waals surface area (Å²) >= 11 is 0. The number of fused-ring (bicyclic) bond motifs is 1. The van der Waals surface area contributed by atoms with E-state index in [0.29, 0.717) is 16.8 Å². The highest BCUT2D eigenvalue weighted by Crippen LogP contribution is 2.20. The zero-order chi connectivity index (χ0) is 50.0. The van der Waals surface area contributed by atoms with E-state index in [2.05, 4.69) is 31.6 Å². The van der Waals surface area contributed by atoms with Crippen molar-refractivity contribution in [3.8, 4) is 0 Å². The lowest BCUT2D eigenvalue weighted by Crippen LogP contribution is -2.51. The van der Waals surface area contributed by atoms with Crippen LogP contribution in [0.25, 0.3) is 10.8 Å². The smallest absolute Gasteiger partial charge is 0.326 e. The van der Waals surface area contributed by atoms with E-state index >= 15 is 0 Å². The summed E-state index contributed by atoms with van der Waals surface area (Å²) in [5.41, 5.74) is 1.57. The van der Waals surface area contributed by atoms with Gasteiger partial charge >= 0.3 is 41.8 Å². The zero-order valence-corrected chi connectivity index (χ0v) is 37.3. The van der Waals surface area contributed by atoms with Gasteiger partial charge in [0.2, 0.25) is 5.91 Å². The summed E-state index contributed by atoms with van der Waals surface area (Å²) in [6.07, 6.45) is 1.10. The van der Waals surface area contributed by atoms with Gasteiger partial charge in [0.05, 0.1) is 38.4 Å². The minimum atomic E-state index is -1.56. The van der Waals surface area contributed by atoms with Crippen LogP contribution in [0.2, 0.25) is 0 Å². The van der Waals surface area contributed by atoms with Crippen molar-refractivity contribution in [1.82, 2.24) is 46.3 Å².